The largest absolute Gasteiger partial charge is 0.465 e. The van der Waals surface area contributed by atoms with Crippen LogP contribution in [0.4, 0.5) is 10.1 Å². The number of aliphatic hydroxyl groups is 1. The lowest BCUT2D eigenvalue weighted by Crippen LogP contribution is -2.46. The van der Waals surface area contributed by atoms with Gasteiger partial charge in [-0.25, -0.2) is 9.18 Å². The average Bonchev–Trinajstić information content (AvgIpc) is 2.52. The highest BCUT2D eigenvalue weighted by Gasteiger charge is 2.36. The van der Waals surface area contributed by atoms with Crippen LogP contribution in [0.25, 0.3) is 0 Å². The van der Waals surface area contributed by atoms with Crippen molar-refractivity contribution in [3.63, 3.8) is 0 Å². The molecule has 1 aliphatic heterocycles. The number of carbonyl (C=O) groups excluding carboxylic acids is 2. The molecule has 1 saturated heterocycles. The summed E-state index contributed by atoms with van der Waals surface area (Å²) in [6.45, 7) is 6.28. The van der Waals surface area contributed by atoms with Gasteiger partial charge in [-0.1, -0.05) is 0 Å². The molecule has 1 N–H and O–H groups in total. The third kappa shape index (κ3) is 5.17. The number of esters is 2. The van der Waals surface area contributed by atoms with Crippen molar-refractivity contribution in [2.75, 3.05) is 25.1 Å². The van der Waals surface area contributed by atoms with Crippen LogP contribution in [0, 0.1) is 5.82 Å². The van der Waals surface area contributed by atoms with E-state index in [2.05, 4.69) is 4.74 Å². The van der Waals surface area contributed by atoms with Crippen molar-refractivity contribution in [2.24, 2.45) is 0 Å². The molecule has 2 rings (SSSR count). The molecule has 0 aromatic heterocycles. The van der Waals surface area contributed by atoms with Gasteiger partial charge in [0.15, 0.2) is 0 Å². The maximum absolute atomic E-state index is 14.1. The molecule has 0 spiro atoms. The quantitative estimate of drug-likeness (QED) is 0.825. The number of anilines is 1. The Bertz CT molecular complexity index is 675. The summed E-state index contributed by atoms with van der Waals surface area (Å²) in [6.07, 6.45) is 0.674. The molecule has 1 aromatic carbocycles. The zero-order valence-electron chi connectivity index (χ0n) is 15.7. The van der Waals surface area contributed by atoms with Gasteiger partial charge >= 0.3 is 11.9 Å². The van der Waals surface area contributed by atoms with Crippen molar-refractivity contribution in [1.29, 1.82) is 0 Å². The van der Waals surface area contributed by atoms with Gasteiger partial charge in [0.2, 0.25) is 0 Å². The summed E-state index contributed by atoms with van der Waals surface area (Å²) in [4.78, 5) is 25.3. The van der Waals surface area contributed by atoms with Gasteiger partial charge in [0.25, 0.3) is 0 Å². The van der Waals surface area contributed by atoms with Crippen LogP contribution in [0.2, 0.25) is 0 Å². The Labute approximate surface area is 152 Å². The number of benzene rings is 1. The molecule has 1 aliphatic rings. The second-order valence-corrected chi connectivity index (χ2v) is 7.63. The van der Waals surface area contributed by atoms with Crippen LogP contribution in [-0.4, -0.2) is 48.4 Å². The number of piperidine rings is 1. The highest BCUT2D eigenvalue weighted by molar-refractivity contribution is 5.90. The molecule has 1 aromatic rings. The normalized spacial score (nSPS) is 16.9. The van der Waals surface area contributed by atoms with Crippen molar-refractivity contribution >= 4 is 17.6 Å². The summed E-state index contributed by atoms with van der Waals surface area (Å²) < 4.78 is 23.9. The zero-order valence-corrected chi connectivity index (χ0v) is 15.7. The van der Waals surface area contributed by atoms with Gasteiger partial charge in [-0.2, -0.15) is 0 Å². The van der Waals surface area contributed by atoms with E-state index < -0.39 is 29.0 Å². The van der Waals surface area contributed by atoms with Gasteiger partial charge in [0.1, 0.15) is 11.4 Å². The van der Waals surface area contributed by atoms with Gasteiger partial charge in [-0.05, 0) is 51.8 Å². The molecule has 0 aliphatic carbocycles. The van der Waals surface area contributed by atoms with Crippen LogP contribution in [0.5, 0.6) is 0 Å². The number of rotatable bonds is 4. The summed E-state index contributed by atoms with van der Waals surface area (Å²) in [5.74, 6) is -1.80. The number of nitrogens with zero attached hydrogens (tertiary/aromatic N) is 1. The maximum atomic E-state index is 14.1. The molecule has 1 fully saturated rings. The Kier molecular flexibility index (Phi) is 5.91. The highest BCUT2D eigenvalue weighted by atomic mass is 19.1. The van der Waals surface area contributed by atoms with Crippen LogP contribution >= 0.6 is 0 Å². The molecule has 26 heavy (non-hydrogen) atoms. The molecule has 0 unspecified atom stereocenters. The topological polar surface area (TPSA) is 76.1 Å². The first kappa shape index (κ1) is 20.2. The minimum atomic E-state index is -1.12. The van der Waals surface area contributed by atoms with E-state index in [0.29, 0.717) is 31.6 Å². The second kappa shape index (κ2) is 7.61. The molecule has 0 saturated carbocycles. The lowest BCUT2D eigenvalue weighted by Gasteiger charge is -2.39. The van der Waals surface area contributed by atoms with Gasteiger partial charge in [-0.15, -0.1) is 0 Å². The number of hydrogen-bond donors (Lipinski definition) is 1. The Balaban J connectivity index is 1.98. The summed E-state index contributed by atoms with van der Waals surface area (Å²) >= 11 is 0. The SMILES string of the molecule is COC(=O)c1ccc(N2CCC(O)(CC(=O)OC(C)(C)C)CC2)cc1F. The summed E-state index contributed by atoms with van der Waals surface area (Å²) in [7, 11) is 1.20. The molecule has 0 bridgehead atoms. The van der Waals surface area contributed by atoms with Gasteiger partial charge in [0, 0.05) is 18.8 Å². The first-order valence-electron chi connectivity index (χ1n) is 8.60. The van der Waals surface area contributed by atoms with Crippen LogP contribution in [0.1, 0.15) is 50.4 Å². The summed E-state index contributed by atoms with van der Waals surface area (Å²) in [5.41, 5.74) is -1.21. The Morgan fingerprint density at radius 3 is 2.38 bits per heavy atom. The molecular formula is C19H26FNO5. The molecule has 0 radical (unpaired) electrons. The van der Waals surface area contributed by atoms with E-state index in [4.69, 9.17) is 4.74 Å². The summed E-state index contributed by atoms with van der Waals surface area (Å²) in [6, 6.07) is 4.32. The minimum absolute atomic E-state index is 0.0618. The van der Waals surface area contributed by atoms with E-state index in [9.17, 15) is 19.1 Å². The van der Waals surface area contributed by atoms with Crippen LogP contribution in [0.3, 0.4) is 0 Å². The molecule has 1 heterocycles. The van der Waals surface area contributed by atoms with E-state index >= 15 is 0 Å². The first-order chi connectivity index (χ1) is 12.0. The smallest absolute Gasteiger partial charge is 0.340 e. The van der Waals surface area contributed by atoms with Crippen molar-refractivity contribution in [1.82, 2.24) is 0 Å². The molecule has 7 heteroatoms. The number of carbonyl (C=O) groups is 2. The van der Waals surface area contributed by atoms with E-state index in [1.807, 2.05) is 4.90 Å². The van der Waals surface area contributed by atoms with Crippen molar-refractivity contribution in [2.45, 2.75) is 51.2 Å². The number of methoxy groups -OCH3 is 1. The predicted molar refractivity (Wildman–Crippen MR) is 94.6 cm³/mol. The van der Waals surface area contributed by atoms with Crippen molar-refractivity contribution in [3.05, 3.63) is 29.6 Å². The van der Waals surface area contributed by atoms with Crippen molar-refractivity contribution in [3.8, 4) is 0 Å². The Morgan fingerprint density at radius 2 is 1.88 bits per heavy atom. The van der Waals surface area contributed by atoms with E-state index in [1.54, 1.807) is 26.8 Å². The molecule has 6 nitrogen and oxygen atoms in total. The molecule has 144 valence electrons. The van der Waals surface area contributed by atoms with Crippen LogP contribution in [0.15, 0.2) is 18.2 Å². The van der Waals surface area contributed by atoms with E-state index in [-0.39, 0.29) is 12.0 Å². The van der Waals surface area contributed by atoms with E-state index in [0.717, 1.165) is 0 Å². The Morgan fingerprint density at radius 1 is 1.27 bits per heavy atom. The standard InChI is InChI=1S/C19H26FNO5/c1-18(2,3)26-16(22)12-19(24)7-9-21(10-8-19)13-5-6-14(15(20)11-13)17(23)25-4/h5-6,11,24H,7-10,12H2,1-4H3. The van der Waals surface area contributed by atoms with Gasteiger partial charge in [-0.3, -0.25) is 4.79 Å². The fourth-order valence-corrected chi connectivity index (χ4v) is 2.98. The third-order valence-corrected chi connectivity index (χ3v) is 4.31. The lowest BCUT2D eigenvalue weighted by molar-refractivity contribution is -0.161. The highest BCUT2D eigenvalue weighted by Crippen LogP contribution is 2.30. The van der Waals surface area contributed by atoms with E-state index in [1.165, 1.54) is 19.2 Å². The fraction of sp³-hybridized carbons (Fsp3) is 0.579. The molecule has 0 amide bonds. The number of ether oxygens (including phenoxy) is 2. The predicted octanol–water partition coefficient (Wildman–Crippen LogP) is 2.68. The average molecular weight is 367 g/mol. The third-order valence-electron chi connectivity index (χ3n) is 4.31. The summed E-state index contributed by atoms with van der Waals surface area (Å²) in [5, 5.41) is 10.6. The van der Waals surface area contributed by atoms with Crippen molar-refractivity contribution < 1.29 is 28.6 Å². The monoisotopic (exact) mass is 367 g/mol. The second-order valence-electron chi connectivity index (χ2n) is 7.63. The zero-order chi connectivity index (χ0) is 19.5. The first-order valence-corrected chi connectivity index (χ1v) is 8.60. The van der Waals surface area contributed by atoms with Gasteiger partial charge < -0.3 is 19.5 Å². The number of hydrogen-bond acceptors (Lipinski definition) is 6. The maximum Gasteiger partial charge on any atom is 0.340 e. The van der Waals surface area contributed by atoms with Gasteiger partial charge in [0.05, 0.1) is 24.7 Å². The number of halogens is 1. The molecule has 0 atom stereocenters. The van der Waals surface area contributed by atoms with Crippen LogP contribution in [-0.2, 0) is 14.3 Å². The molecular weight excluding hydrogens is 341 g/mol. The van der Waals surface area contributed by atoms with Crippen LogP contribution < -0.4 is 4.90 Å². The Hall–Kier alpha value is -2.15. The fourth-order valence-electron chi connectivity index (χ4n) is 2.98. The minimum Gasteiger partial charge on any atom is -0.465 e. The lowest BCUT2D eigenvalue weighted by atomic mass is 9.88.